The first kappa shape index (κ1) is 11.8. The van der Waals surface area contributed by atoms with Crippen LogP contribution in [0.15, 0.2) is 0 Å². The van der Waals surface area contributed by atoms with Crippen LogP contribution in [0.25, 0.3) is 0 Å². The monoisotopic (exact) mass is 258 g/mol. The molecule has 92 valence electrons. The molecule has 3 fully saturated rings. The molecular weight excluding hydrogens is 235 g/mol. The molecule has 1 saturated carbocycles. The number of fused-ring (bicyclic) bond motifs is 1. The molecule has 16 heavy (non-hydrogen) atoms. The summed E-state index contributed by atoms with van der Waals surface area (Å²) in [5.74, 6) is 0.787. The Balaban J connectivity index is 1.99. The fourth-order valence-electron chi connectivity index (χ4n) is 4.20. The number of hydrogen-bond donors (Lipinski definition) is 1. The first-order valence-electron chi connectivity index (χ1n) is 6.51. The van der Waals surface area contributed by atoms with E-state index in [1.54, 1.807) is 0 Å². The van der Waals surface area contributed by atoms with Crippen LogP contribution in [0.5, 0.6) is 0 Å². The molecule has 3 aliphatic rings. The highest BCUT2D eigenvalue weighted by molar-refractivity contribution is 8.45. The Morgan fingerprint density at radius 2 is 2.00 bits per heavy atom. The van der Waals surface area contributed by atoms with Gasteiger partial charge in [0.25, 0.3) is 0 Å². The van der Waals surface area contributed by atoms with Gasteiger partial charge in [0.05, 0.1) is 11.2 Å². The lowest BCUT2D eigenvalue weighted by Gasteiger charge is -2.53. The van der Waals surface area contributed by atoms with E-state index in [0.717, 1.165) is 5.92 Å². The highest BCUT2D eigenvalue weighted by Gasteiger charge is 2.63. The minimum Gasteiger partial charge on any atom is -0.368 e. The maximum absolute atomic E-state index is 6.60. The highest BCUT2D eigenvalue weighted by Crippen LogP contribution is 2.67. The van der Waals surface area contributed by atoms with E-state index in [9.17, 15) is 0 Å². The minimum atomic E-state index is -0.0668. The topological polar surface area (TPSA) is 9.23 Å². The fourth-order valence-corrected chi connectivity index (χ4v) is 7.26. The van der Waals surface area contributed by atoms with Gasteiger partial charge in [-0.3, -0.25) is 0 Å². The molecule has 2 heterocycles. The summed E-state index contributed by atoms with van der Waals surface area (Å²) in [7, 11) is -0.0668. The van der Waals surface area contributed by atoms with Crippen LogP contribution in [-0.2, 0) is 4.74 Å². The predicted molar refractivity (Wildman–Crippen MR) is 73.6 cm³/mol. The smallest absolute Gasteiger partial charge is 0.0793 e. The third kappa shape index (κ3) is 1.45. The lowest BCUT2D eigenvalue weighted by Crippen LogP contribution is -2.53. The van der Waals surface area contributed by atoms with Gasteiger partial charge in [-0.2, -0.15) is 12.2 Å². The molecule has 0 aromatic heterocycles. The summed E-state index contributed by atoms with van der Waals surface area (Å²) < 4.78 is 6.60. The second-order valence-electron chi connectivity index (χ2n) is 6.84. The summed E-state index contributed by atoms with van der Waals surface area (Å²) in [6, 6.07) is 0. The van der Waals surface area contributed by atoms with Gasteiger partial charge in [-0.15, -0.1) is 0 Å². The number of hydrogen-bond acceptors (Lipinski definition) is 2. The average Bonchev–Trinajstić information content (AvgIpc) is 2.39. The van der Waals surface area contributed by atoms with Gasteiger partial charge >= 0.3 is 0 Å². The Kier molecular flexibility index (Phi) is 2.51. The van der Waals surface area contributed by atoms with Crippen molar-refractivity contribution in [2.75, 3.05) is 12.3 Å². The molecule has 3 unspecified atom stereocenters. The standard InChI is InChI=1S/C13H23OPS/c1-11(2)10-4-5-12(3)6-7-15(16)9-13(12,8-10)14-11/h10,16H,4-9H2,1-3H3/t10?,12-,13?,15?/m1/s1. The Labute approximate surface area is 106 Å². The van der Waals surface area contributed by atoms with Crippen LogP contribution in [0.1, 0.15) is 46.5 Å². The highest BCUT2D eigenvalue weighted by atomic mass is 32.7. The van der Waals surface area contributed by atoms with Crippen LogP contribution in [-0.4, -0.2) is 23.5 Å². The van der Waals surface area contributed by atoms with Gasteiger partial charge in [-0.05, 0) is 64.1 Å². The molecule has 3 heteroatoms. The second-order valence-corrected chi connectivity index (χ2v) is 10.3. The van der Waals surface area contributed by atoms with Gasteiger partial charge in [0.2, 0.25) is 0 Å². The molecule has 0 aromatic rings. The molecule has 1 spiro atoms. The quantitative estimate of drug-likeness (QED) is 0.509. The lowest BCUT2D eigenvalue weighted by molar-refractivity contribution is -0.137. The zero-order valence-electron chi connectivity index (χ0n) is 10.6. The summed E-state index contributed by atoms with van der Waals surface area (Å²) >= 11 is 4.78. The zero-order valence-corrected chi connectivity index (χ0v) is 12.4. The van der Waals surface area contributed by atoms with Crippen LogP contribution in [0.3, 0.4) is 0 Å². The minimum absolute atomic E-state index is 0.0668. The van der Waals surface area contributed by atoms with Gasteiger partial charge in [0.15, 0.2) is 0 Å². The van der Waals surface area contributed by atoms with Crippen LogP contribution < -0.4 is 0 Å². The maximum atomic E-state index is 6.60. The summed E-state index contributed by atoms with van der Waals surface area (Å²) in [6.07, 6.45) is 7.96. The molecule has 4 atom stereocenters. The van der Waals surface area contributed by atoms with E-state index in [-0.39, 0.29) is 18.3 Å². The van der Waals surface area contributed by atoms with Crippen LogP contribution in [0.4, 0.5) is 0 Å². The van der Waals surface area contributed by atoms with E-state index in [1.165, 1.54) is 38.0 Å². The Morgan fingerprint density at radius 1 is 1.25 bits per heavy atom. The van der Waals surface area contributed by atoms with Gasteiger partial charge in [0.1, 0.15) is 0 Å². The van der Waals surface area contributed by atoms with Crippen LogP contribution in [0.2, 0.25) is 0 Å². The molecule has 0 amide bonds. The van der Waals surface area contributed by atoms with E-state index in [2.05, 4.69) is 20.8 Å². The molecule has 1 nitrogen and oxygen atoms in total. The van der Waals surface area contributed by atoms with Crippen molar-refractivity contribution in [1.82, 2.24) is 0 Å². The van der Waals surface area contributed by atoms with E-state index < -0.39 is 0 Å². The van der Waals surface area contributed by atoms with Gasteiger partial charge in [-0.25, -0.2) is 0 Å². The van der Waals surface area contributed by atoms with Crippen molar-refractivity contribution in [2.45, 2.75) is 57.7 Å². The number of rotatable bonds is 0. The summed E-state index contributed by atoms with van der Waals surface area (Å²) in [5, 5.41) is 0. The van der Waals surface area contributed by atoms with Gasteiger partial charge in [-0.1, -0.05) is 6.92 Å². The maximum Gasteiger partial charge on any atom is 0.0793 e. The van der Waals surface area contributed by atoms with Crippen molar-refractivity contribution in [1.29, 1.82) is 0 Å². The summed E-state index contributed by atoms with van der Waals surface area (Å²) in [5.41, 5.74) is 0.739. The van der Waals surface area contributed by atoms with Crippen molar-refractivity contribution >= 4 is 19.4 Å². The van der Waals surface area contributed by atoms with Crippen molar-refractivity contribution < 1.29 is 4.74 Å². The summed E-state index contributed by atoms with van der Waals surface area (Å²) in [4.78, 5) is 0. The van der Waals surface area contributed by atoms with Gasteiger partial charge < -0.3 is 4.74 Å². The molecule has 0 N–H and O–H groups in total. The van der Waals surface area contributed by atoms with Crippen molar-refractivity contribution in [2.24, 2.45) is 11.3 Å². The third-order valence-electron chi connectivity index (χ3n) is 5.52. The molecule has 2 saturated heterocycles. The van der Waals surface area contributed by atoms with Crippen molar-refractivity contribution in [3.05, 3.63) is 0 Å². The third-order valence-corrected chi connectivity index (χ3v) is 8.16. The number of thiol groups is 1. The Morgan fingerprint density at radius 3 is 2.75 bits per heavy atom. The molecule has 2 bridgehead atoms. The van der Waals surface area contributed by atoms with Crippen LogP contribution in [0, 0.1) is 11.3 Å². The Bertz CT molecular complexity index is 319. The summed E-state index contributed by atoms with van der Waals surface area (Å²) in [6.45, 7) is 7.07. The second kappa shape index (κ2) is 3.39. The van der Waals surface area contributed by atoms with E-state index in [1.807, 2.05) is 0 Å². The molecule has 2 aliphatic heterocycles. The predicted octanol–water partition coefficient (Wildman–Crippen LogP) is 4.07. The van der Waals surface area contributed by atoms with Crippen molar-refractivity contribution in [3.63, 3.8) is 0 Å². The SMILES string of the molecule is CC1(C)OC23CC1CC[C@]2(C)CCP(S)C3. The number of ether oxygens (including phenoxy) is 1. The first-order chi connectivity index (χ1) is 7.37. The van der Waals surface area contributed by atoms with Crippen LogP contribution >= 0.6 is 19.4 Å². The average molecular weight is 258 g/mol. The normalized spacial score (nSPS) is 54.8. The molecular formula is C13H23OPS. The fraction of sp³-hybridized carbons (Fsp3) is 1.00. The molecule has 1 aliphatic carbocycles. The Hall–Kier alpha value is 0.740. The van der Waals surface area contributed by atoms with E-state index in [4.69, 9.17) is 17.0 Å². The largest absolute Gasteiger partial charge is 0.368 e. The van der Waals surface area contributed by atoms with E-state index >= 15 is 0 Å². The van der Waals surface area contributed by atoms with E-state index in [0.29, 0.717) is 5.41 Å². The van der Waals surface area contributed by atoms with Gasteiger partial charge in [0, 0.05) is 6.16 Å². The molecule has 0 aromatic carbocycles. The molecule has 0 radical (unpaired) electrons. The molecule has 3 rings (SSSR count). The zero-order chi connectivity index (χ0) is 11.6. The lowest BCUT2D eigenvalue weighted by atomic mass is 9.61. The first-order valence-corrected chi connectivity index (χ1v) is 9.38. The van der Waals surface area contributed by atoms with Crippen molar-refractivity contribution in [3.8, 4) is 0 Å².